The van der Waals surface area contributed by atoms with Crippen molar-refractivity contribution >= 4 is 17.7 Å². The van der Waals surface area contributed by atoms with Crippen molar-refractivity contribution in [2.75, 3.05) is 40.9 Å². The molecule has 0 radical (unpaired) electrons. The number of aromatic nitrogens is 2. The second kappa shape index (κ2) is 9.83. The number of likely N-dealkylation sites (tertiary alicyclic amines) is 2. The fraction of sp³-hybridized carbons (Fsp3) is 0.500. The summed E-state index contributed by atoms with van der Waals surface area (Å²) >= 11 is 0. The number of piperidine rings is 2. The zero-order valence-electron chi connectivity index (χ0n) is 20.6. The molecule has 2 saturated heterocycles. The van der Waals surface area contributed by atoms with Crippen molar-refractivity contribution in [2.24, 2.45) is 10.8 Å². The van der Waals surface area contributed by atoms with E-state index in [2.05, 4.69) is 21.8 Å². The summed E-state index contributed by atoms with van der Waals surface area (Å²) in [5, 5.41) is 0. The van der Waals surface area contributed by atoms with Gasteiger partial charge in [-0.3, -0.25) is 29.3 Å². The van der Waals surface area contributed by atoms with Crippen molar-refractivity contribution < 1.29 is 23.9 Å². The normalized spacial score (nSPS) is 29.0. The summed E-state index contributed by atoms with van der Waals surface area (Å²) < 4.78 is 10.6. The first-order valence-electron chi connectivity index (χ1n) is 11.9. The van der Waals surface area contributed by atoms with E-state index in [4.69, 9.17) is 9.47 Å². The lowest BCUT2D eigenvalue weighted by Gasteiger charge is -2.61. The zero-order valence-corrected chi connectivity index (χ0v) is 20.6. The van der Waals surface area contributed by atoms with Gasteiger partial charge in [0.25, 0.3) is 0 Å². The number of methoxy groups -OCH3 is 2. The van der Waals surface area contributed by atoms with Crippen molar-refractivity contribution in [3.05, 3.63) is 60.2 Å². The van der Waals surface area contributed by atoms with Gasteiger partial charge in [0.2, 0.25) is 0 Å². The van der Waals surface area contributed by atoms with Gasteiger partial charge in [-0.05, 0) is 44.3 Å². The molecule has 0 amide bonds. The third-order valence-electron chi connectivity index (χ3n) is 7.25. The third kappa shape index (κ3) is 3.73. The van der Waals surface area contributed by atoms with Crippen LogP contribution in [0.5, 0.6) is 0 Å². The lowest BCUT2D eigenvalue weighted by molar-refractivity contribution is -0.205. The highest BCUT2D eigenvalue weighted by atomic mass is 16.5. The average Bonchev–Trinajstić information content (AvgIpc) is 2.88. The first-order valence-corrected chi connectivity index (χ1v) is 11.9. The van der Waals surface area contributed by atoms with Gasteiger partial charge in [-0.25, -0.2) is 0 Å². The van der Waals surface area contributed by atoms with E-state index < -0.39 is 40.6 Å². The lowest BCUT2D eigenvalue weighted by atomic mass is 9.54. The average molecular weight is 481 g/mol. The topological polar surface area (TPSA) is 102 Å². The van der Waals surface area contributed by atoms with Gasteiger partial charge in [-0.2, -0.15) is 0 Å². The number of ether oxygens (including phenoxy) is 2. The molecule has 2 aromatic heterocycles. The summed E-state index contributed by atoms with van der Waals surface area (Å²) in [6, 6.07) is 9.36. The van der Waals surface area contributed by atoms with Crippen LogP contribution in [-0.2, 0) is 23.9 Å². The van der Waals surface area contributed by atoms with E-state index in [1.165, 1.54) is 14.2 Å². The zero-order chi connectivity index (χ0) is 25.2. The molecule has 2 aliphatic heterocycles. The van der Waals surface area contributed by atoms with Crippen molar-refractivity contribution in [3.63, 3.8) is 0 Å². The van der Waals surface area contributed by atoms with Crippen LogP contribution in [0.25, 0.3) is 0 Å². The maximum atomic E-state index is 14.7. The molecule has 2 bridgehead atoms. The second-order valence-electron chi connectivity index (χ2n) is 9.33. The van der Waals surface area contributed by atoms with Crippen LogP contribution in [-0.4, -0.2) is 78.4 Å². The molecule has 186 valence electrons. The van der Waals surface area contributed by atoms with Crippen LogP contribution in [0.15, 0.2) is 48.8 Å². The van der Waals surface area contributed by atoms with Crippen LogP contribution < -0.4 is 0 Å². The molecule has 0 saturated carbocycles. The number of carbonyl (C=O) groups is 3. The van der Waals surface area contributed by atoms with Crippen molar-refractivity contribution in [2.45, 2.75) is 31.8 Å². The number of rotatable bonds is 7. The van der Waals surface area contributed by atoms with Crippen molar-refractivity contribution in [1.82, 2.24) is 19.8 Å². The molecule has 0 N–H and O–H groups in total. The Balaban J connectivity index is 2.10. The van der Waals surface area contributed by atoms with Crippen LogP contribution in [0.4, 0.5) is 0 Å². The highest BCUT2D eigenvalue weighted by molar-refractivity contribution is 6.17. The molecular weight excluding hydrogens is 448 g/mol. The number of esters is 2. The number of carbonyl (C=O) groups excluding carboxylic acids is 3. The maximum absolute atomic E-state index is 14.7. The summed E-state index contributed by atoms with van der Waals surface area (Å²) in [4.78, 5) is 55.1. The number of nitrogens with zero attached hydrogens (tertiary/aromatic N) is 4. The smallest absolute Gasteiger partial charge is 0.322 e. The van der Waals surface area contributed by atoms with E-state index in [-0.39, 0.29) is 13.1 Å². The van der Waals surface area contributed by atoms with Gasteiger partial charge in [0.1, 0.15) is 0 Å². The highest BCUT2D eigenvalue weighted by Crippen LogP contribution is 2.60. The van der Waals surface area contributed by atoms with Crippen LogP contribution in [0.3, 0.4) is 0 Å². The lowest BCUT2D eigenvalue weighted by Crippen LogP contribution is -2.75. The number of hydrogen-bond donors (Lipinski definition) is 0. The number of ketones is 1. The Hall–Kier alpha value is -3.17. The summed E-state index contributed by atoms with van der Waals surface area (Å²) in [6.45, 7) is 2.78. The molecule has 4 rings (SSSR count). The molecule has 0 spiro atoms. The van der Waals surface area contributed by atoms with Gasteiger partial charge < -0.3 is 14.4 Å². The van der Waals surface area contributed by atoms with E-state index in [1.54, 1.807) is 31.6 Å². The largest absolute Gasteiger partial charge is 0.468 e. The molecule has 4 heterocycles. The molecule has 2 unspecified atom stereocenters. The molecule has 0 aliphatic carbocycles. The fourth-order valence-corrected chi connectivity index (χ4v) is 6.01. The minimum atomic E-state index is -1.68. The Labute approximate surface area is 205 Å². The summed E-state index contributed by atoms with van der Waals surface area (Å²) in [6.07, 6.45) is 4.95. The van der Waals surface area contributed by atoms with Gasteiger partial charge in [-0.1, -0.05) is 25.5 Å². The Bertz CT molecular complexity index is 1000. The van der Waals surface area contributed by atoms with Gasteiger partial charge in [0.15, 0.2) is 16.6 Å². The van der Waals surface area contributed by atoms with E-state index in [1.807, 2.05) is 29.2 Å². The number of unbranched alkanes of at least 4 members (excludes halogenated alkanes) is 1. The van der Waals surface area contributed by atoms with Crippen LogP contribution in [0, 0.1) is 10.8 Å². The molecular formula is C26H32N4O5. The quantitative estimate of drug-likeness (QED) is 0.436. The summed E-state index contributed by atoms with van der Waals surface area (Å²) in [7, 11) is 4.35. The Morgan fingerprint density at radius 2 is 1.43 bits per heavy atom. The minimum absolute atomic E-state index is 0.0933. The Morgan fingerprint density at radius 3 is 1.80 bits per heavy atom. The fourth-order valence-electron chi connectivity index (χ4n) is 6.01. The number of pyridine rings is 2. The van der Waals surface area contributed by atoms with Crippen molar-refractivity contribution in [3.8, 4) is 0 Å². The maximum Gasteiger partial charge on any atom is 0.322 e. The summed E-state index contributed by atoms with van der Waals surface area (Å²) in [5.41, 5.74) is -2.22. The number of fused-ring (bicyclic) bond motifs is 2. The molecule has 4 atom stereocenters. The second-order valence-corrected chi connectivity index (χ2v) is 9.33. The van der Waals surface area contributed by atoms with Gasteiger partial charge in [0, 0.05) is 25.5 Å². The molecule has 9 heteroatoms. The van der Waals surface area contributed by atoms with E-state index in [9.17, 15) is 14.4 Å². The molecule has 2 aromatic rings. The van der Waals surface area contributed by atoms with E-state index in [0.29, 0.717) is 17.9 Å². The molecule has 35 heavy (non-hydrogen) atoms. The summed E-state index contributed by atoms with van der Waals surface area (Å²) in [5.74, 6) is -1.86. The monoisotopic (exact) mass is 480 g/mol. The van der Waals surface area contributed by atoms with Crippen molar-refractivity contribution in [1.29, 1.82) is 0 Å². The first-order chi connectivity index (χ1) is 16.9. The molecule has 0 aromatic carbocycles. The number of Topliss-reactive ketones (excluding diaryl/α,β-unsaturated/α-hetero) is 1. The Morgan fingerprint density at radius 1 is 0.943 bits per heavy atom. The molecule has 2 fully saturated rings. The first kappa shape index (κ1) is 24.9. The Kier molecular flexibility index (Phi) is 7.00. The van der Waals surface area contributed by atoms with Crippen LogP contribution in [0.2, 0.25) is 0 Å². The molecule has 2 aliphatic rings. The predicted octanol–water partition coefficient (Wildman–Crippen LogP) is 2.21. The van der Waals surface area contributed by atoms with E-state index in [0.717, 1.165) is 12.8 Å². The van der Waals surface area contributed by atoms with Gasteiger partial charge in [-0.15, -0.1) is 0 Å². The van der Waals surface area contributed by atoms with Gasteiger partial charge in [0.05, 0.1) is 37.7 Å². The van der Waals surface area contributed by atoms with Gasteiger partial charge >= 0.3 is 11.9 Å². The number of hydrogen-bond acceptors (Lipinski definition) is 9. The highest BCUT2D eigenvalue weighted by Gasteiger charge is 2.75. The minimum Gasteiger partial charge on any atom is -0.468 e. The SMILES string of the molecule is CCCCN1[C@@H](c2ccccn2)C2(C(=O)OC)CN(C)CC(C(=O)OC)(C2=O)[C@@H]1c1ccccn1. The predicted molar refractivity (Wildman–Crippen MR) is 127 cm³/mol. The van der Waals surface area contributed by atoms with E-state index >= 15 is 0 Å². The standard InChI is InChI=1S/C26H32N4O5/c1-5-6-15-30-20(18-11-7-9-13-27-18)25(23(32)34-3)16-29(2)17-26(22(25)31,24(33)35-4)21(30)19-12-8-10-14-28-19/h7-14,20-21H,5-6,15-17H2,1-4H3/t20-,21-,25?,26?/m0/s1. The molecule has 9 nitrogen and oxygen atoms in total. The van der Waals surface area contributed by atoms with Crippen LogP contribution >= 0.6 is 0 Å². The third-order valence-corrected chi connectivity index (χ3v) is 7.25. The van der Waals surface area contributed by atoms with Crippen LogP contribution in [0.1, 0.15) is 43.2 Å².